The predicted molar refractivity (Wildman–Crippen MR) is 78.0 cm³/mol. The highest BCUT2D eigenvalue weighted by Gasteiger charge is 2.21. The molecule has 0 saturated heterocycles. The third-order valence-corrected chi connectivity index (χ3v) is 4.10. The second kappa shape index (κ2) is 6.03. The largest absolute Gasteiger partial charge is 0.349 e. The number of nitrogens with one attached hydrogen (secondary N) is 1. The number of nitrogens with zero attached hydrogens (tertiary/aromatic N) is 4. The Morgan fingerprint density at radius 2 is 2.00 bits per heavy atom. The van der Waals surface area contributed by atoms with Gasteiger partial charge in [-0.15, -0.1) is 5.10 Å². The lowest BCUT2D eigenvalue weighted by atomic mass is 9.87. The Kier molecular flexibility index (Phi) is 3.94. The van der Waals surface area contributed by atoms with Crippen LogP contribution in [-0.4, -0.2) is 32.2 Å². The van der Waals surface area contributed by atoms with Crippen molar-refractivity contribution in [1.82, 2.24) is 25.5 Å². The number of aromatic nitrogens is 4. The molecule has 1 fully saturated rings. The zero-order chi connectivity index (χ0) is 14.7. The van der Waals surface area contributed by atoms with E-state index in [1.165, 1.54) is 23.9 Å². The summed E-state index contributed by atoms with van der Waals surface area (Å²) in [5, 5.41) is 14.2. The van der Waals surface area contributed by atoms with Crippen molar-refractivity contribution in [3.05, 3.63) is 36.2 Å². The monoisotopic (exact) mass is 285 g/mol. The molecule has 1 aromatic carbocycles. The average Bonchev–Trinajstić information content (AvgIpc) is 3.04. The average molecular weight is 285 g/mol. The van der Waals surface area contributed by atoms with E-state index in [1.807, 2.05) is 18.2 Å². The van der Waals surface area contributed by atoms with Gasteiger partial charge in [-0.3, -0.25) is 4.79 Å². The molecular weight excluding hydrogens is 266 g/mol. The summed E-state index contributed by atoms with van der Waals surface area (Å²) in [6.07, 6.45) is 5.97. The maximum atomic E-state index is 12.5. The van der Waals surface area contributed by atoms with Gasteiger partial charge in [0.15, 0.2) is 0 Å². The minimum Gasteiger partial charge on any atom is -0.349 e. The van der Waals surface area contributed by atoms with E-state index in [0.717, 1.165) is 18.8 Å². The van der Waals surface area contributed by atoms with Crippen LogP contribution in [0.2, 0.25) is 0 Å². The first-order valence-electron chi connectivity index (χ1n) is 7.37. The molecule has 0 aliphatic heterocycles. The van der Waals surface area contributed by atoms with Crippen LogP contribution in [0.3, 0.4) is 0 Å². The Balaban J connectivity index is 1.76. The van der Waals surface area contributed by atoms with Crippen LogP contribution in [0.5, 0.6) is 0 Å². The molecule has 0 bridgehead atoms. The molecule has 21 heavy (non-hydrogen) atoms. The molecule has 3 rings (SSSR count). The third-order valence-electron chi connectivity index (χ3n) is 4.10. The summed E-state index contributed by atoms with van der Waals surface area (Å²) < 4.78 is 1.51. The molecule has 0 unspecified atom stereocenters. The van der Waals surface area contributed by atoms with Crippen molar-refractivity contribution in [1.29, 1.82) is 0 Å². The van der Waals surface area contributed by atoms with Crippen molar-refractivity contribution in [3.63, 3.8) is 0 Å². The molecular formula is C15H19N5O. The summed E-state index contributed by atoms with van der Waals surface area (Å²) in [4.78, 5) is 12.5. The number of benzene rings is 1. The maximum absolute atomic E-state index is 12.5. The zero-order valence-corrected chi connectivity index (χ0v) is 12.1. The van der Waals surface area contributed by atoms with E-state index in [-0.39, 0.29) is 11.9 Å². The fraction of sp³-hybridized carbons (Fsp3) is 0.467. The van der Waals surface area contributed by atoms with Gasteiger partial charge in [0.25, 0.3) is 5.91 Å². The van der Waals surface area contributed by atoms with Gasteiger partial charge in [-0.05, 0) is 54.2 Å². The van der Waals surface area contributed by atoms with E-state index < -0.39 is 0 Å². The van der Waals surface area contributed by atoms with Crippen LogP contribution in [-0.2, 0) is 0 Å². The second-order valence-corrected chi connectivity index (χ2v) is 5.70. The number of amides is 1. The van der Waals surface area contributed by atoms with Crippen molar-refractivity contribution >= 4 is 5.91 Å². The van der Waals surface area contributed by atoms with Crippen molar-refractivity contribution in [3.8, 4) is 5.69 Å². The molecule has 6 nitrogen and oxygen atoms in total. The predicted octanol–water partition coefficient (Wildman–Crippen LogP) is 1.97. The lowest BCUT2D eigenvalue weighted by Crippen LogP contribution is -2.37. The molecule has 6 heteroatoms. The number of tetrazole rings is 1. The third kappa shape index (κ3) is 3.09. The molecule has 1 N–H and O–H groups in total. The molecule has 110 valence electrons. The number of rotatable bonds is 3. The van der Waals surface area contributed by atoms with Crippen molar-refractivity contribution in [2.45, 2.75) is 38.6 Å². The molecule has 0 spiro atoms. The van der Waals surface area contributed by atoms with E-state index in [1.54, 1.807) is 6.07 Å². The topological polar surface area (TPSA) is 72.7 Å². The van der Waals surface area contributed by atoms with Crippen molar-refractivity contribution in [2.75, 3.05) is 0 Å². The van der Waals surface area contributed by atoms with Crippen LogP contribution in [0, 0.1) is 5.92 Å². The number of hydrogen-bond acceptors (Lipinski definition) is 4. The van der Waals surface area contributed by atoms with Gasteiger partial charge in [0, 0.05) is 6.04 Å². The van der Waals surface area contributed by atoms with E-state index in [9.17, 15) is 4.79 Å². The Morgan fingerprint density at radius 1 is 1.24 bits per heavy atom. The first-order chi connectivity index (χ1) is 10.2. The van der Waals surface area contributed by atoms with Gasteiger partial charge in [0.1, 0.15) is 6.33 Å². The molecule has 0 atom stereocenters. The summed E-state index contributed by atoms with van der Waals surface area (Å²) >= 11 is 0. The molecule has 1 aliphatic rings. The van der Waals surface area contributed by atoms with E-state index in [2.05, 4.69) is 27.8 Å². The van der Waals surface area contributed by atoms with Gasteiger partial charge in [-0.25, -0.2) is 0 Å². The fourth-order valence-corrected chi connectivity index (χ4v) is 2.80. The van der Waals surface area contributed by atoms with E-state index >= 15 is 0 Å². The van der Waals surface area contributed by atoms with Crippen LogP contribution in [0.4, 0.5) is 0 Å². The lowest BCUT2D eigenvalue weighted by molar-refractivity contribution is 0.0923. The maximum Gasteiger partial charge on any atom is 0.253 e. The highest BCUT2D eigenvalue weighted by molar-refractivity contribution is 5.97. The van der Waals surface area contributed by atoms with Gasteiger partial charge < -0.3 is 5.32 Å². The minimum absolute atomic E-state index is 0.0550. The number of hydrogen-bond donors (Lipinski definition) is 1. The van der Waals surface area contributed by atoms with E-state index in [0.29, 0.717) is 11.3 Å². The summed E-state index contributed by atoms with van der Waals surface area (Å²) in [5.41, 5.74) is 1.30. The van der Waals surface area contributed by atoms with Crippen LogP contribution in [0.25, 0.3) is 5.69 Å². The minimum atomic E-state index is -0.0550. The normalized spacial score (nSPS) is 22.0. The highest BCUT2D eigenvalue weighted by Crippen LogP contribution is 2.24. The fourth-order valence-electron chi connectivity index (χ4n) is 2.80. The number of para-hydroxylation sites is 1. The summed E-state index contributed by atoms with van der Waals surface area (Å²) in [5.74, 6) is 0.715. The van der Waals surface area contributed by atoms with Crippen LogP contribution in [0.15, 0.2) is 30.6 Å². The molecule has 1 saturated carbocycles. The molecule has 2 aromatic rings. The summed E-state index contributed by atoms with van der Waals surface area (Å²) in [6.45, 7) is 2.27. The van der Waals surface area contributed by atoms with Crippen LogP contribution >= 0.6 is 0 Å². The van der Waals surface area contributed by atoms with Crippen molar-refractivity contribution in [2.24, 2.45) is 5.92 Å². The Hall–Kier alpha value is -2.24. The summed E-state index contributed by atoms with van der Waals surface area (Å²) in [6, 6.07) is 7.64. The number of carbonyl (C=O) groups excluding carboxylic acids is 1. The first-order valence-corrected chi connectivity index (χ1v) is 7.37. The Morgan fingerprint density at radius 3 is 2.71 bits per heavy atom. The second-order valence-electron chi connectivity index (χ2n) is 5.70. The summed E-state index contributed by atoms with van der Waals surface area (Å²) in [7, 11) is 0. The Labute approximate surface area is 123 Å². The lowest BCUT2D eigenvalue weighted by Gasteiger charge is -2.27. The van der Waals surface area contributed by atoms with Crippen molar-refractivity contribution < 1.29 is 4.79 Å². The van der Waals surface area contributed by atoms with Crippen LogP contribution < -0.4 is 5.32 Å². The number of carbonyl (C=O) groups is 1. The van der Waals surface area contributed by atoms with E-state index in [4.69, 9.17) is 0 Å². The molecule has 1 heterocycles. The molecule has 1 aromatic heterocycles. The van der Waals surface area contributed by atoms with Gasteiger partial charge in [0.05, 0.1) is 11.3 Å². The molecule has 1 amide bonds. The Bertz CT molecular complexity index is 602. The standard InChI is InChI=1S/C15H19N5O/c1-11-6-8-12(9-7-11)17-15(21)13-4-2-3-5-14(13)20-10-16-18-19-20/h2-5,10-12H,6-9H2,1H3,(H,17,21). The van der Waals surface area contributed by atoms with Crippen LogP contribution in [0.1, 0.15) is 43.0 Å². The SMILES string of the molecule is CC1CCC(NC(=O)c2ccccc2-n2cnnn2)CC1. The van der Waals surface area contributed by atoms with Gasteiger partial charge in [0.2, 0.25) is 0 Å². The smallest absolute Gasteiger partial charge is 0.253 e. The molecule has 0 radical (unpaired) electrons. The first kappa shape index (κ1) is 13.7. The van der Waals surface area contributed by atoms with Gasteiger partial charge in [-0.2, -0.15) is 4.68 Å². The molecule has 1 aliphatic carbocycles. The zero-order valence-electron chi connectivity index (χ0n) is 12.1. The highest BCUT2D eigenvalue weighted by atomic mass is 16.1. The van der Waals surface area contributed by atoms with Gasteiger partial charge >= 0.3 is 0 Å². The quantitative estimate of drug-likeness (QED) is 0.935. The van der Waals surface area contributed by atoms with Gasteiger partial charge in [-0.1, -0.05) is 19.1 Å².